The number of pyridine rings is 1. The van der Waals surface area contributed by atoms with Crippen LogP contribution < -0.4 is 10.6 Å². The van der Waals surface area contributed by atoms with Crippen LogP contribution in [0.4, 0.5) is 5.69 Å². The second-order valence-corrected chi connectivity index (χ2v) is 3.47. The zero-order valence-corrected chi connectivity index (χ0v) is 8.08. The van der Waals surface area contributed by atoms with Crippen molar-refractivity contribution in [2.75, 3.05) is 11.9 Å². The summed E-state index contributed by atoms with van der Waals surface area (Å²) in [6.07, 6.45) is 2.59. The molecule has 14 heavy (non-hydrogen) atoms. The van der Waals surface area contributed by atoms with E-state index in [9.17, 15) is 4.79 Å². The van der Waals surface area contributed by atoms with Crippen molar-refractivity contribution in [1.29, 1.82) is 0 Å². The fourth-order valence-corrected chi connectivity index (χ4v) is 1.28. The molecule has 1 aliphatic heterocycles. The molecule has 1 amide bonds. The second-order valence-electron chi connectivity index (χ2n) is 3.47. The first-order chi connectivity index (χ1) is 6.75. The normalized spacial score (nSPS) is 19.9. The number of nitrogens with zero attached hydrogens (tertiary/aromatic N) is 1. The molecule has 1 aromatic heterocycles. The molecule has 0 aromatic carbocycles. The van der Waals surface area contributed by atoms with Crippen LogP contribution in [0, 0.1) is 6.92 Å². The third kappa shape index (κ3) is 1.90. The number of hydrogen-bond acceptors (Lipinski definition) is 3. The molecule has 0 bridgehead atoms. The van der Waals surface area contributed by atoms with Gasteiger partial charge in [-0.15, -0.1) is 0 Å². The number of hydrogen-bond donors (Lipinski definition) is 2. The number of anilines is 1. The van der Waals surface area contributed by atoms with Crippen LogP contribution in [0.15, 0.2) is 18.3 Å². The lowest BCUT2D eigenvalue weighted by atomic mass is 10.1. The van der Waals surface area contributed by atoms with E-state index in [4.69, 9.17) is 0 Å². The fourth-order valence-electron chi connectivity index (χ4n) is 1.28. The van der Waals surface area contributed by atoms with E-state index in [-0.39, 0.29) is 11.9 Å². The van der Waals surface area contributed by atoms with Crippen molar-refractivity contribution >= 4 is 11.6 Å². The molecule has 2 heterocycles. The number of carbonyl (C=O) groups is 1. The monoisotopic (exact) mass is 191 g/mol. The van der Waals surface area contributed by atoms with Gasteiger partial charge in [-0.05, 0) is 32.0 Å². The number of nitrogens with one attached hydrogen (secondary N) is 2. The molecule has 1 aliphatic rings. The Labute approximate surface area is 82.7 Å². The summed E-state index contributed by atoms with van der Waals surface area (Å²) in [5, 5.41) is 5.85. The topological polar surface area (TPSA) is 54.0 Å². The number of amides is 1. The van der Waals surface area contributed by atoms with Gasteiger partial charge in [-0.3, -0.25) is 9.78 Å². The summed E-state index contributed by atoms with van der Waals surface area (Å²) in [7, 11) is 0. The third-order valence-electron chi connectivity index (χ3n) is 2.32. The number of aryl methyl sites for hydroxylation is 1. The van der Waals surface area contributed by atoms with E-state index in [0.717, 1.165) is 24.3 Å². The van der Waals surface area contributed by atoms with Crippen molar-refractivity contribution in [3.8, 4) is 0 Å². The smallest absolute Gasteiger partial charge is 0.241 e. The molecule has 1 aromatic rings. The average molecular weight is 191 g/mol. The molecule has 1 saturated heterocycles. The summed E-state index contributed by atoms with van der Waals surface area (Å²) in [6, 6.07) is 3.72. The van der Waals surface area contributed by atoms with Gasteiger partial charge in [0.05, 0.1) is 17.9 Å². The Morgan fingerprint density at radius 3 is 2.93 bits per heavy atom. The van der Waals surface area contributed by atoms with E-state index >= 15 is 0 Å². The molecule has 1 fully saturated rings. The van der Waals surface area contributed by atoms with Crippen molar-refractivity contribution in [1.82, 2.24) is 10.3 Å². The average Bonchev–Trinajstić information content (AvgIpc) is 2.06. The number of rotatable bonds is 2. The maximum atomic E-state index is 11.5. The highest BCUT2D eigenvalue weighted by molar-refractivity contribution is 5.95. The first-order valence-electron chi connectivity index (χ1n) is 4.72. The van der Waals surface area contributed by atoms with Crippen molar-refractivity contribution in [3.63, 3.8) is 0 Å². The molecular formula is C10H13N3O. The van der Waals surface area contributed by atoms with Crippen LogP contribution in [0.2, 0.25) is 0 Å². The Kier molecular flexibility index (Phi) is 2.45. The van der Waals surface area contributed by atoms with Gasteiger partial charge in [-0.2, -0.15) is 0 Å². The lowest BCUT2D eigenvalue weighted by Gasteiger charge is -2.26. The van der Waals surface area contributed by atoms with Gasteiger partial charge in [-0.25, -0.2) is 0 Å². The fraction of sp³-hybridized carbons (Fsp3) is 0.400. The van der Waals surface area contributed by atoms with Crippen molar-refractivity contribution in [2.45, 2.75) is 19.4 Å². The van der Waals surface area contributed by atoms with Gasteiger partial charge >= 0.3 is 0 Å². The molecule has 0 saturated carbocycles. The highest BCUT2D eigenvalue weighted by atomic mass is 16.2. The van der Waals surface area contributed by atoms with E-state index in [1.54, 1.807) is 6.20 Å². The van der Waals surface area contributed by atoms with Gasteiger partial charge in [0.25, 0.3) is 0 Å². The number of aromatic nitrogens is 1. The SMILES string of the molecule is Cc1ccc(NC(=O)C2CCN2)cn1. The van der Waals surface area contributed by atoms with Gasteiger partial charge in [0.1, 0.15) is 0 Å². The van der Waals surface area contributed by atoms with Crippen molar-refractivity contribution in [2.24, 2.45) is 0 Å². The van der Waals surface area contributed by atoms with Crippen molar-refractivity contribution < 1.29 is 4.79 Å². The molecule has 2 N–H and O–H groups in total. The maximum Gasteiger partial charge on any atom is 0.241 e. The summed E-state index contributed by atoms with van der Waals surface area (Å²) in [5.41, 5.74) is 1.71. The summed E-state index contributed by atoms with van der Waals surface area (Å²) < 4.78 is 0. The first kappa shape index (κ1) is 9.15. The van der Waals surface area contributed by atoms with Gasteiger partial charge in [0.15, 0.2) is 0 Å². The molecule has 2 rings (SSSR count). The Morgan fingerprint density at radius 2 is 2.43 bits per heavy atom. The van der Waals surface area contributed by atoms with Crippen LogP contribution >= 0.6 is 0 Å². The minimum atomic E-state index is -0.0173. The summed E-state index contributed by atoms with van der Waals surface area (Å²) in [5.74, 6) is 0.0295. The minimum absolute atomic E-state index is 0.0173. The van der Waals surface area contributed by atoms with E-state index in [2.05, 4.69) is 15.6 Å². The third-order valence-corrected chi connectivity index (χ3v) is 2.32. The predicted molar refractivity (Wildman–Crippen MR) is 54.0 cm³/mol. The second kappa shape index (κ2) is 3.75. The first-order valence-corrected chi connectivity index (χ1v) is 4.72. The molecule has 4 nitrogen and oxygen atoms in total. The molecule has 74 valence electrons. The van der Waals surface area contributed by atoms with Crippen LogP contribution in [-0.4, -0.2) is 23.5 Å². The molecule has 1 atom stereocenters. The largest absolute Gasteiger partial charge is 0.323 e. The number of carbonyl (C=O) groups excluding carboxylic acids is 1. The quantitative estimate of drug-likeness (QED) is 0.723. The molecule has 0 aliphatic carbocycles. The van der Waals surface area contributed by atoms with Crippen LogP contribution in [0.3, 0.4) is 0 Å². The Morgan fingerprint density at radius 1 is 1.64 bits per heavy atom. The Bertz CT molecular complexity index is 330. The molecule has 0 spiro atoms. The predicted octanol–water partition coefficient (Wildman–Crippen LogP) is 0.690. The van der Waals surface area contributed by atoms with Crippen LogP contribution in [-0.2, 0) is 4.79 Å². The molecular weight excluding hydrogens is 178 g/mol. The van der Waals surface area contributed by atoms with Gasteiger partial charge in [-0.1, -0.05) is 0 Å². The molecule has 1 unspecified atom stereocenters. The lowest BCUT2D eigenvalue weighted by molar-refractivity contribution is -0.119. The minimum Gasteiger partial charge on any atom is -0.323 e. The highest BCUT2D eigenvalue weighted by Crippen LogP contribution is 2.09. The van der Waals surface area contributed by atoms with Gasteiger partial charge < -0.3 is 10.6 Å². The lowest BCUT2D eigenvalue weighted by Crippen LogP contribution is -2.50. The van der Waals surface area contributed by atoms with Crippen molar-refractivity contribution in [3.05, 3.63) is 24.0 Å². The van der Waals surface area contributed by atoms with E-state index in [0.29, 0.717) is 0 Å². The zero-order chi connectivity index (χ0) is 9.97. The molecule has 0 radical (unpaired) electrons. The summed E-state index contributed by atoms with van der Waals surface area (Å²) >= 11 is 0. The standard InChI is InChI=1S/C10H13N3O/c1-7-2-3-8(6-12-7)13-10(14)9-4-5-11-9/h2-3,6,9,11H,4-5H2,1H3,(H,13,14). The van der Waals surface area contributed by atoms with Crippen LogP contribution in [0.25, 0.3) is 0 Å². The zero-order valence-electron chi connectivity index (χ0n) is 8.08. The summed E-state index contributed by atoms with van der Waals surface area (Å²) in [6.45, 7) is 2.85. The Hall–Kier alpha value is -1.42. The van der Waals surface area contributed by atoms with Crippen LogP contribution in [0.5, 0.6) is 0 Å². The van der Waals surface area contributed by atoms with Gasteiger partial charge in [0, 0.05) is 5.69 Å². The van der Waals surface area contributed by atoms with Crippen LogP contribution in [0.1, 0.15) is 12.1 Å². The van der Waals surface area contributed by atoms with E-state index < -0.39 is 0 Å². The summed E-state index contributed by atoms with van der Waals surface area (Å²) in [4.78, 5) is 15.6. The van der Waals surface area contributed by atoms with Gasteiger partial charge in [0.2, 0.25) is 5.91 Å². The van der Waals surface area contributed by atoms with E-state index in [1.807, 2.05) is 19.1 Å². The maximum absolute atomic E-state index is 11.5. The molecule has 4 heteroatoms. The van der Waals surface area contributed by atoms with E-state index in [1.165, 1.54) is 0 Å². The highest BCUT2D eigenvalue weighted by Gasteiger charge is 2.24. The Balaban J connectivity index is 1.96.